The lowest BCUT2D eigenvalue weighted by molar-refractivity contribution is -0.141. The summed E-state index contributed by atoms with van der Waals surface area (Å²) in [4.78, 5) is 98.3. The minimum atomic E-state index is -1.27. The first-order valence-electron chi connectivity index (χ1n) is 13.2. The third kappa shape index (κ3) is 9.51. The SMILES string of the molecule is CC(=O)N[C@@H](CSC(c1ccnc(=O)[nH]1)C1CCCC(C(SC[C@H](NC(C)=O)C(=O)O)c2nccc(=O)[nH]2)C1=O)C(=O)O. The van der Waals surface area contributed by atoms with Gasteiger partial charge in [0.05, 0.1) is 10.5 Å². The average molecular weight is 637 g/mol. The number of nitrogens with zero attached hydrogens (tertiary/aromatic N) is 2. The molecule has 4 unspecified atom stereocenters. The van der Waals surface area contributed by atoms with Crippen LogP contribution in [0.25, 0.3) is 0 Å². The fourth-order valence-electron chi connectivity index (χ4n) is 4.85. The first-order chi connectivity index (χ1) is 20.4. The third-order valence-corrected chi connectivity index (χ3v) is 9.60. The van der Waals surface area contributed by atoms with Crippen LogP contribution in [-0.2, 0) is 24.0 Å². The summed E-state index contributed by atoms with van der Waals surface area (Å²) in [6.45, 7) is 2.37. The van der Waals surface area contributed by atoms with Crippen LogP contribution in [0.4, 0.5) is 0 Å². The summed E-state index contributed by atoms with van der Waals surface area (Å²) in [6, 6.07) is 0.213. The minimum Gasteiger partial charge on any atom is -0.480 e. The maximum atomic E-state index is 14.2. The highest BCUT2D eigenvalue weighted by atomic mass is 32.2. The molecule has 6 N–H and O–H groups in total. The number of Topliss-reactive ketones (excluding diaryl/α,β-unsaturated/α-hetero) is 1. The highest BCUT2D eigenvalue weighted by Gasteiger charge is 2.43. The molecule has 2 heterocycles. The molecular formula is C26H32N6O9S2. The van der Waals surface area contributed by atoms with Gasteiger partial charge in [0.2, 0.25) is 11.8 Å². The van der Waals surface area contributed by atoms with E-state index in [2.05, 4.69) is 30.6 Å². The third-order valence-electron chi connectivity index (χ3n) is 6.69. The molecule has 0 bridgehead atoms. The van der Waals surface area contributed by atoms with Crippen molar-refractivity contribution in [1.29, 1.82) is 0 Å². The molecule has 17 heteroatoms. The van der Waals surface area contributed by atoms with E-state index in [1.165, 1.54) is 38.4 Å². The summed E-state index contributed by atoms with van der Waals surface area (Å²) in [5.74, 6) is -5.41. The molecule has 0 aromatic carbocycles. The van der Waals surface area contributed by atoms with Gasteiger partial charge in [-0.3, -0.25) is 19.2 Å². The highest BCUT2D eigenvalue weighted by molar-refractivity contribution is 7.99. The Kier molecular flexibility index (Phi) is 12.1. The second kappa shape index (κ2) is 15.5. The number of nitrogens with one attached hydrogen (secondary N) is 4. The van der Waals surface area contributed by atoms with Crippen molar-refractivity contribution in [3.63, 3.8) is 0 Å². The Morgan fingerprint density at radius 3 is 1.91 bits per heavy atom. The van der Waals surface area contributed by atoms with Gasteiger partial charge in [0, 0.05) is 61.3 Å². The Bertz CT molecular complexity index is 1360. The van der Waals surface area contributed by atoms with Crippen molar-refractivity contribution in [1.82, 2.24) is 30.6 Å². The molecule has 1 aliphatic rings. The molecule has 2 aromatic rings. The topological polar surface area (TPSA) is 241 Å². The number of aromatic nitrogens is 4. The zero-order chi connectivity index (χ0) is 31.7. The molecule has 0 aliphatic heterocycles. The first kappa shape index (κ1) is 33.5. The molecule has 2 amide bonds. The van der Waals surface area contributed by atoms with E-state index < -0.39 is 69.4 Å². The van der Waals surface area contributed by atoms with Crippen molar-refractivity contribution in [3.8, 4) is 0 Å². The van der Waals surface area contributed by atoms with Gasteiger partial charge >= 0.3 is 17.6 Å². The summed E-state index contributed by atoms with van der Waals surface area (Å²) in [5.41, 5.74) is -0.771. The van der Waals surface area contributed by atoms with Crippen LogP contribution in [-0.4, -0.2) is 83.3 Å². The molecule has 1 saturated carbocycles. The summed E-state index contributed by atoms with van der Waals surface area (Å²) >= 11 is 2.16. The van der Waals surface area contributed by atoms with Crippen LogP contribution in [0.1, 0.15) is 55.1 Å². The van der Waals surface area contributed by atoms with E-state index in [0.29, 0.717) is 25.0 Å². The Balaban J connectivity index is 1.97. The molecule has 0 spiro atoms. The number of carboxylic acid groups (broad SMARTS) is 2. The molecule has 43 heavy (non-hydrogen) atoms. The number of rotatable bonds is 14. The van der Waals surface area contributed by atoms with Gasteiger partial charge in [-0.05, 0) is 18.9 Å². The second-order valence-corrected chi connectivity index (χ2v) is 12.2. The van der Waals surface area contributed by atoms with E-state index in [1.807, 2.05) is 0 Å². The number of H-pyrrole nitrogens is 2. The average Bonchev–Trinajstić information content (AvgIpc) is 2.93. The summed E-state index contributed by atoms with van der Waals surface area (Å²) < 4.78 is 0. The van der Waals surface area contributed by atoms with Crippen molar-refractivity contribution in [2.24, 2.45) is 11.8 Å². The van der Waals surface area contributed by atoms with Crippen molar-refractivity contribution in [3.05, 3.63) is 56.9 Å². The largest absolute Gasteiger partial charge is 0.480 e. The fourth-order valence-corrected chi connectivity index (χ4v) is 7.70. The van der Waals surface area contributed by atoms with E-state index in [0.717, 1.165) is 23.5 Å². The van der Waals surface area contributed by atoms with Crippen molar-refractivity contribution >= 4 is 53.1 Å². The first-order valence-corrected chi connectivity index (χ1v) is 15.3. The van der Waals surface area contributed by atoms with Gasteiger partial charge in [0.1, 0.15) is 23.7 Å². The molecule has 3 rings (SSSR count). The Hall–Kier alpha value is -3.99. The number of hydrogen-bond acceptors (Lipinski definition) is 11. The lowest BCUT2D eigenvalue weighted by atomic mass is 9.76. The number of carboxylic acids is 2. The fraction of sp³-hybridized carbons (Fsp3) is 0.500. The molecule has 0 radical (unpaired) electrons. The van der Waals surface area contributed by atoms with E-state index in [4.69, 9.17) is 0 Å². The van der Waals surface area contributed by atoms with Crippen LogP contribution >= 0.6 is 23.5 Å². The van der Waals surface area contributed by atoms with E-state index >= 15 is 0 Å². The van der Waals surface area contributed by atoms with Crippen LogP contribution in [0.2, 0.25) is 0 Å². The summed E-state index contributed by atoms with van der Waals surface area (Å²) in [5, 5.41) is 22.4. The number of carbonyl (C=O) groups excluding carboxylic acids is 3. The van der Waals surface area contributed by atoms with Gasteiger partial charge in [0.25, 0.3) is 5.56 Å². The molecule has 1 aliphatic carbocycles. The predicted octanol–water partition coefficient (Wildman–Crippen LogP) is 0.266. The number of ketones is 1. The smallest absolute Gasteiger partial charge is 0.345 e. The molecular weight excluding hydrogens is 604 g/mol. The van der Waals surface area contributed by atoms with Crippen LogP contribution in [0.5, 0.6) is 0 Å². The molecule has 0 saturated heterocycles. The van der Waals surface area contributed by atoms with Gasteiger partial charge < -0.3 is 30.8 Å². The summed E-state index contributed by atoms with van der Waals surface area (Å²) in [6.07, 6.45) is 3.89. The normalized spacial score (nSPS) is 19.4. The monoisotopic (exact) mass is 636 g/mol. The Morgan fingerprint density at radius 2 is 1.40 bits per heavy atom. The Labute approximate surface area is 253 Å². The summed E-state index contributed by atoms with van der Waals surface area (Å²) in [7, 11) is 0. The number of aliphatic carboxylic acids is 2. The number of carbonyl (C=O) groups is 5. The molecule has 2 aromatic heterocycles. The zero-order valence-electron chi connectivity index (χ0n) is 23.3. The maximum Gasteiger partial charge on any atom is 0.345 e. The number of hydrogen-bond donors (Lipinski definition) is 6. The highest BCUT2D eigenvalue weighted by Crippen LogP contribution is 2.47. The van der Waals surface area contributed by atoms with E-state index in [1.54, 1.807) is 0 Å². The quantitative estimate of drug-likeness (QED) is 0.163. The standard InChI is InChI=1S/C26H32N6O9S2/c1-12(33)29-17(24(37)38)10-42-21(16-6-8-28-26(41)31-16)14-4-3-5-15(20(14)36)22(23-27-9-7-19(35)32-23)43-11-18(25(39)40)30-13(2)34/h6-9,14-15,17-18,21-22H,3-5,10-11H2,1-2H3,(H,29,33)(H,30,34)(H,37,38)(H,39,40)(H,27,32,35)(H,28,31,41)/t14?,15?,17-,18-,21?,22?/m0/s1. The lowest BCUT2D eigenvalue weighted by Gasteiger charge is -2.36. The Morgan fingerprint density at radius 1 is 0.860 bits per heavy atom. The van der Waals surface area contributed by atoms with E-state index in [9.17, 15) is 43.8 Å². The predicted molar refractivity (Wildman–Crippen MR) is 156 cm³/mol. The van der Waals surface area contributed by atoms with Gasteiger partial charge in [-0.15, -0.1) is 23.5 Å². The second-order valence-electron chi connectivity index (χ2n) is 9.89. The van der Waals surface area contributed by atoms with Gasteiger partial charge in [-0.2, -0.15) is 0 Å². The lowest BCUT2D eigenvalue weighted by Crippen LogP contribution is -2.43. The van der Waals surface area contributed by atoms with Crippen molar-refractivity contribution in [2.45, 2.75) is 55.7 Å². The van der Waals surface area contributed by atoms with Gasteiger partial charge in [-0.1, -0.05) is 6.42 Å². The molecule has 1 fully saturated rings. The van der Waals surface area contributed by atoms with Crippen molar-refractivity contribution < 1.29 is 34.2 Å². The van der Waals surface area contributed by atoms with Crippen molar-refractivity contribution in [2.75, 3.05) is 11.5 Å². The number of aromatic amines is 2. The minimum absolute atomic E-state index is 0.110. The zero-order valence-corrected chi connectivity index (χ0v) is 24.9. The van der Waals surface area contributed by atoms with E-state index in [-0.39, 0.29) is 23.1 Å². The maximum absolute atomic E-state index is 14.2. The number of amides is 2. The number of thioether (sulfide) groups is 2. The van der Waals surface area contributed by atoms with Gasteiger partial charge in [0.15, 0.2) is 0 Å². The molecule has 15 nitrogen and oxygen atoms in total. The van der Waals surface area contributed by atoms with Crippen LogP contribution in [0.15, 0.2) is 34.1 Å². The van der Waals surface area contributed by atoms with Crippen LogP contribution < -0.4 is 21.9 Å². The van der Waals surface area contributed by atoms with Crippen LogP contribution in [0.3, 0.4) is 0 Å². The van der Waals surface area contributed by atoms with Crippen LogP contribution in [0, 0.1) is 11.8 Å². The molecule has 232 valence electrons. The van der Waals surface area contributed by atoms with Gasteiger partial charge in [-0.25, -0.2) is 24.4 Å². The molecule has 6 atom stereocenters.